The number of nitrogens with two attached hydrogens (primary N) is 1. The summed E-state index contributed by atoms with van der Waals surface area (Å²) in [7, 11) is 0. The molecule has 0 aromatic carbocycles. The van der Waals surface area contributed by atoms with Gasteiger partial charge in [0.25, 0.3) is 0 Å². The highest BCUT2D eigenvalue weighted by Crippen LogP contribution is 2.15. The minimum Gasteiger partial charge on any atom is -0.368 e. The van der Waals surface area contributed by atoms with Gasteiger partial charge in [-0.25, -0.2) is 0 Å². The Morgan fingerprint density at radius 2 is 2.00 bits per heavy atom. The van der Waals surface area contributed by atoms with Crippen LogP contribution in [0.3, 0.4) is 0 Å². The normalized spacial score (nSPS) is 14.7. The highest BCUT2D eigenvalue weighted by Gasteiger charge is 2.29. The molecule has 0 radical (unpaired) electrons. The molecule has 1 amide bonds. The zero-order valence-corrected chi connectivity index (χ0v) is 11.7. The number of carbonyl (C=O) groups is 1. The number of primary amides is 1. The molecule has 0 aliphatic carbocycles. The van der Waals surface area contributed by atoms with Crippen molar-refractivity contribution in [1.82, 2.24) is 5.32 Å². The van der Waals surface area contributed by atoms with Crippen molar-refractivity contribution in [2.75, 3.05) is 18.1 Å². The van der Waals surface area contributed by atoms with Gasteiger partial charge in [0, 0.05) is 0 Å². The molecule has 1 atom stereocenters. The molecule has 0 fully saturated rings. The molecule has 1 unspecified atom stereocenters. The van der Waals surface area contributed by atoms with E-state index in [4.69, 9.17) is 5.73 Å². The summed E-state index contributed by atoms with van der Waals surface area (Å²) >= 11 is 1.95. The minimum absolute atomic E-state index is 0.235. The lowest BCUT2D eigenvalue weighted by molar-refractivity contribution is -0.124. The predicted octanol–water partition coefficient (Wildman–Crippen LogP) is 2.15. The first-order valence-electron chi connectivity index (χ1n) is 6.19. The van der Waals surface area contributed by atoms with Crippen LogP contribution in [0.25, 0.3) is 0 Å². The van der Waals surface area contributed by atoms with Gasteiger partial charge in [0.1, 0.15) is 0 Å². The van der Waals surface area contributed by atoms with Crippen LogP contribution in [-0.4, -0.2) is 29.5 Å². The molecule has 3 N–H and O–H groups in total. The third-order valence-corrected chi connectivity index (χ3v) is 3.90. The number of hydrogen-bond donors (Lipinski definition) is 2. The van der Waals surface area contributed by atoms with Gasteiger partial charge in [-0.3, -0.25) is 4.79 Å². The fraction of sp³-hybridized carbons (Fsp3) is 0.917. The molecule has 0 saturated carbocycles. The molecule has 0 aromatic rings. The van der Waals surface area contributed by atoms with Crippen LogP contribution < -0.4 is 11.1 Å². The van der Waals surface area contributed by atoms with Crippen LogP contribution in [0.4, 0.5) is 0 Å². The van der Waals surface area contributed by atoms with E-state index in [1.165, 1.54) is 12.2 Å². The Morgan fingerprint density at radius 1 is 1.31 bits per heavy atom. The first kappa shape index (κ1) is 15.8. The molecule has 0 heterocycles. The molecular weight excluding hydrogens is 220 g/mol. The lowest BCUT2D eigenvalue weighted by Gasteiger charge is -2.27. The van der Waals surface area contributed by atoms with Gasteiger partial charge < -0.3 is 11.1 Å². The Morgan fingerprint density at radius 3 is 2.50 bits per heavy atom. The second kappa shape index (κ2) is 8.88. The molecule has 0 rings (SSSR count). The van der Waals surface area contributed by atoms with Crippen molar-refractivity contribution in [3.05, 3.63) is 0 Å². The number of thioether (sulfide) groups is 1. The second-order valence-electron chi connectivity index (χ2n) is 4.34. The third-order valence-electron chi connectivity index (χ3n) is 2.62. The average Bonchev–Trinajstić information content (AvgIpc) is 2.26. The summed E-state index contributed by atoms with van der Waals surface area (Å²) < 4.78 is 0. The zero-order chi connectivity index (χ0) is 12.4. The molecule has 0 aromatic heterocycles. The lowest BCUT2D eigenvalue weighted by Crippen LogP contribution is -2.53. The maximum Gasteiger partial charge on any atom is 0.237 e. The van der Waals surface area contributed by atoms with E-state index in [0.717, 1.165) is 31.6 Å². The first-order chi connectivity index (χ1) is 7.56. The van der Waals surface area contributed by atoms with Crippen LogP contribution in [0.2, 0.25) is 0 Å². The number of hydrogen-bond acceptors (Lipinski definition) is 3. The van der Waals surface area contributed by atoms with Crippen LogP contribution in [0, 0.1) is 0 Å². The van der Waals surface area contributed by atoms with E-state index >= 15 is 0 Å². The van der Waals surface area contributed by atoms with Gasteiger partial charge in [0.2, 0.25) is 5.91 Å². The third kappa shape index (κ3) is 6.38. The molecule has 0 aliphatic heterocycles. The lowest BCUT2D eigenvalue weighted by atomic mass is 9.95. The maximum atomic E-state index is 11.4. The molecular formula is C12H26N2OS. The molecule has 4 heteroatoms. The van der Waals surface area contributed by atoms with Crippen molar-refractivity contribution in [2.45, 2.75) is 52.0 Å². The fourth-order valence-electron chi connectivity index (χ4n) is 1.47. The van der Waals surface area contributed by atoms with Crippen molar-refractivity contribution in [2.24, 2.45) is 5.73 Å². The number of carbonyl (C=O) groups excluding carboxylic acids is 1. The summed E-state index contributed by atoms with van der Waals surface area (Å²) in [5, 5.41) is 3.25. The van der Waals surface area contributed by atoms with Gasteiger partial charge in [-0.15, -0.1) is 0 Å². The molecule has 0 spiro atoms. The van der Waals surface area contributed by atoms with Gasteiger partial charge in [-0.2, -0.15) is 11.8 Å². The zero-order valence-electron chi connectivity index (χ0n) is 10.8. The molecule has 0 aliphatic rings. The van der Waals surface area contributed by atoms with Crippen molar-refractivity contribution >= 4 is 17.7 Å². The highest BCUT2D eigenvalue weighted by atomic mass is 32.2. The second-order valence-corrected chi connectivity index (χ2v) is 5.56. The summed E-state index contributed by atoms with van der Waals surface area (Å²) in [6, 6.07) is 0. The van der Waals surface area contributed by atoms with Crippen LogP contribution in [0.15, 0.2) is 0 Å². The van der Waals surface area contributed by atoms with Gasteiger partial charge in [0.05, 0.1) is 5.54 Å². The molecule has 0 saturated heterocycles. The van der Waals surface area contributed by atoms with Gasteiger partial charge in [0.15, 0.2) is 0 Å². The monoisotopic (exact) mass is 246 g/mol. The van der Waals surface area contributed by atoms with Crippen molar-refractivity contribution < 1.29 is 4.79 Å². The Labute approximate surface area is 104 Å². The first-order valence-corrected chi connectivity index (χ1v) is 7.35. The van der Waals surface area contributed by atoms with E-state index in [-0.39, 0.29) is 5.91 Å². The van der Waals surface area contributed by atoms with E-state index in [1.54, 1.807) is 0 Å². The summed E-state index contributed by atoms with van der Waals surface area (Å²) in [6.07, 6.45) is 4.11. The van der Waals surface area contributed by atoms with Crippen LogP contribution in [0.5, 0.6) is 0 Å². The maximum absolute atomic E-state index is 11.4. The molecule has 16 heavy (non-hydrogen) atoms. The Hall–Kier alpha value is -0.220. The largest absolute Gasteiger partial charge is 0.368 e. The SMILES string of the molecule is CCCNC(C)(CCCSCCC)C(N)=O. The highest BCUT2D eigenvalue weighted by molar-refractivity contribution is 7.99. The summed E-state index contributed by atoms with van der Waals surface area (Å²) in [5.41, 5.74) is 4.92. The van der Waals surface area contributed by atoms with E-state index in [0.29, 0.717) is 0 Å². The minimum atomic E-state index is -0.525. The van der Waals surface area contributed by atoms with Gasteiger partial charge >= 0.3 is 0 Å². The van der Waals surface area contributed by atoms with E-state index < -0.39 is 5.54 Å². The van der Waals surface area contributed by atoms with Crippen molar-refractivity contribution in [3.8, 4) is 0 Å². The fourth-order valence-corrected chi connectivity index (χ4v) is 2.32. The number of amides is 1. The smallest absolute Gasteiger partial charge is 0.237 e. The average molecular weight is 246 g/mol. The van der Waals surface area contributed by atoms with Crippen molar-refractivity contribution in [1.29, 1.82) is 0 Å². The Kier molecular flexibility index (Phi) is 8.76. The summed E-state index contributed by atoms with van der Waals surface area (Å²) in [6.45, 7) is 7.03. The Bertz CT molecular complexity index is 199. The summed E-state index contributed by atoms with van der Waals surface area (Å²) in [4.78, 5) is 11.4. The number of rotatable bonds is 10. The van der Waals surface area contributed by atoms with E-state index in [2.05, 4.69) is 19.2 Å². The van der Waals surface area contributed by atoms with Gasteiger partial charge in [-0.1, -0.05) is 13.8 Å². The van der Waals surface area contributed by atoms with Crippen LogP contribution in [0.1, 0.15) is 46.5 Å². The van der Waals surface area contributed by atoms with E-state index in [1.807, 2.05) is 18.7 Å². The van der Waals surface area contributed by atoms with Crippen molar-refractivity contribution in [3.63, 3.8) is 0 Å². The standard InChI is InChI=1S/C12H26N2OS/c1-4-8-14-12(3,11(13)15)7-6-10-16-9-5-2/h14H,4-10H2,1-3H3,(H2,13,15). The molecule has 0 bridgehead atoms. The number of nitrogens with one attached hydrogen (secondary N) is 1. The quantitative estimate of drug-likeness (QED) is 0.581. The van der Waals surface area contributed by atoms with Crippen LogP contribution >= 0.6 is 11.8 Å². The Balaban J connectivity index is 3.88. The van der Waals surface area contributed by atoms with E-state index in [9.17, 15) is 4.79 Å². The topological polar surface area (TPSA) is 55.1 Å². The van der Waals surface area contributed by atoms with Gasteiger partial charge in [-0.05, 0) is 50.7 Å². The van der Waals surface area contributed by atoms with Crippen LogP contribution in [-0.2, 0) is 4.79 Å². The summed E-state index contributed by atoms with van der Waals surface area (Å²) in [5.74, 6) is 2.08. The molecule has 96 valence electrons. The molecule has 3 nitrogen and oxygen atoms in total. The predicted molar refractivity (Wildman–Crippen MR) is 72.7 cm³/mol.